The average molecular weight is 627 g/mol. The molecular weight excluding hydrogens is 597 g/mol. The Morgan fingerprint density at radius 3 is 1.35 bits per heavy atom. The fourth-order valence-electron chi connectivity index (χ4n) is 6.70. The van der Waals surface area contributed by atoms with Gasteiger partial charge in [0.2, 0.25) is 0 Å². The van der Waals surface area contributed by atoms with Gasteiger partial charge in [-0.1, -0.05) is 140 Å². The molecule has 0 aliphatic rings. The summed E-state index contributed by atoms with van der Waals surface area (Å²) >= 11 is 0. The fraction of sp³-hybridized carbons (Fsp3) is 0. The summed E-state index contributed by atoms with van der Waals surface area (Å²) in [4.78, 5) is 10.4. The first kappa shape index (κ1) is 28.6. The minimum Gasteiger partial charge on any atom is -0.455 e. The van der Waals surface area contributed by atoms with E-state index in [0.717, 1.165) is 72.3 Å². The van der Waals surface area contributed by atoms with E-state index < -0.39 is 0 Å². The van der Waals surface area contributed by atoms with Gasteiger partial charge in [-0.2, -0.15) is 0 Å². The second kappa shape index (κ2) is 12.2. The van der Waals surface area contributed by atoms with Crippen LogP contribution in [0.4, 0.5) is 0 Å². The molecule has 0 unspecified atom stereocenters. The van der Waals surface area contributed by atoms with Crippen LogP contribution in [0, 0.1) is 0 Å². The molecule has 7 aromatic carbocycles. The van der Waals surface area contributed by atoms with Crippen molar-refractivity contribution in [3.63, 3.8) is 0 Å². The SMILES string of the molecule is c1ccc(-c2cc(-c3ccccc3)cc(-c3ccc(-c4nc(-c5ccccc5)cc(-c5ccccc5)n4)c4c3oc3ccccc34)c2)cc1. The first-order valence-electron chi connectivity index (χ1n) is 16.5. The number of rotatable bonds is 6. The molecule has 230 valence electrons. The van der Waals surface area contributed by atoms with Crippen LogP contribution < -0.4 is 0 Å². The summed E-state index contributed by atoms with van der Waals surface area (Å²) < 4.78 is 6.77. The predicted molar refractivity (Wildman–Crippen MR) is 202 cm³/mol. The van der Waals surface area contributed by atoms with Gasteiger partial charge in [0.15, 0.2) is 5.82 Å². The van der Waals surface area contributed by atoms with E-state index in [9.17, 15) is 0 Å². The molecule has 2 heterocycles. The van der Waals surface area contributed by atoms with Crippen molar-refractivity contribution >= 4 is 21.9 Å². The molecule has 2 aromatic heterocycles. The highest BCUT2D eigenvalue weighted by atomic mass is 16.3. The second-order valence-electron chi connectivity index (χ2n) is 12.2. The average Bonchev–Trinajstić information content (AvgIpc) is 3.58. The number of aromatic nitrogens is 2. The monoisotopic (exact) mass is 626 g/mol. The Hall–Kier alpha value is -6.58. The summed E-state index contributed by atoms with van der Waals surface area (Å²) in [6.45, 7) is 0. The van der Waals surface area contributed by atoms with Gasteiger partial charge in [0.25, 0.3) is 0 Å². The zero-order chi connectivity index (χ0) is 32.6. The minimum atomic E-state index is 0.659. The molecule has 0 N–H and O–H groups in total. The summed E-state index contributed by atoms with van der Waals surface area (Å²) in [5, 5.41) is 2.04. The van der Waals surface area contributed by atoms with Crippen molar-refractivity contribution in [3.05, 3.63) is 182 Å². The number of nitrogens with zero attached hydrogens (tertiary/aromatic N) is 2. The third-order valence-electron chi connectivity index (χ3n) is 9.09. The molecule has 0 bridgehead atoms. The van der Waals surface area contributed by atoms with Crippen LogP contribution in [-0.2, 0) is 0 Å². The highest BCUT2D eigenvalue weighted by molar-refractivity contribution is 6.16. The summed E-state index contributed by atoms with van der Waals surface area (Å²) in [5.74, 6) is 0.659. The molecule has 0 radical (unpaired) electrons. The number of hydrogen-bond donors (Lipinski definition) is 0. The standard InChI is InChI=1S/C46H30N2O/c1-5-15-31(16-6-1)35-27-36(32-17-7-2-8-18-32)29-37(28-35)38-25-26-40(44-39-23-13-14-24-43(39)49-45(38)44)46-47-41(33-19-9-3-10-20-33)30-42(48-46)34-21-11-4-12-22-34/h1-30H. The molecule has 3 nitrogen and oxygen atoms in total. The lowest BCUT2D eigenvalue weighted by Gasteiger charge is -2.13. The maximum absolute atomic E-state index is 6.77. The predicted octanol–water partition coefficient (Wildman–Crippen LogP) is 12.4. The lowest BCUT2D eigenvalue weighted by atomic mass is 9.91. The molecule has 9 aromatic rings. The van der Waals surface area contributed by atoms with Crippen LogP contribution in [0.2, 0.25) is 0 Å². The third kappa shape index (κ3) is 5.38. The highest BCUT2D eigenvalue weighted by Gasteiger charge is 2.21. The molecule has 49 heavy (non-hydrogen) atoms. The molecule has 0 spiro atoms. The maximum atomic E-state index is 6.77. The second-order valence-corrected chi connectivity index (χ2v) is 12.2. The molecule has 0 fully saturated rings. The topological polar surface area (TPSA) is 38.9 Å². The van der Waals surface area contributed by atoms with Crippen LogP contribution >= 0.6 is 0 Å². The van der Waals surface area contributed by atoms with Crippen LogP contribution in [0.5, 0.6) is 0 Å². The summed E-state index contributed by atoms with van der Waals surface area (Å²) in [7, 11) is 0. The smallest absolute Gasteiger partial charge is 0.161 e. The number of fused-ring (bicyclic) bond motifs is 3. The zero-order valence-electron chi connectivity index (χ0n) is 26.6. The molecule has 0 aliphatic carbocycles. The lowest BCUT2D eigenvalue weighted by molar-refractivity contribution is 0.670. The molecular formula is C46H30N2O. The van der Waals surface area contributed by atoms with Crippen LogP contribution in [0.25, 0.3) is 89.2 Å². The quantitative estimate of drug-likeness (QED) is 0.184. The summed E-state index contributed by atoms with van der Waals surface area (Å²) in [6.07, 6.45) is 0. The van der Waals surface area contributed by atoms with Crippen molar-refractivity contribution in [1.29, 1.82) is 0 Å². The van der Waals surface area contributed by atoms with E-state index in [1.807, 2.05) is 48.5 Å². The van der Waals surface area contributed by atoms with E-state index in [2.05, 4.69) is 133 Å². The molecule has 3 heteroatoms. The Labute approximate surface area is 284 Å². The van der Waals surface area contributed by atoms with Gasteiger partial charge in [0, 0.05) is 33.0 Å². The van der Waals surface area contributed by atoms with Crippen LogP contribution in [0.1, 0.15) is 0 Å². The van der Waals surface area contributed by atoms with E-state index >= 15 is 0 Å². The molecule has 0 saturated heterocycles. The Kier molecular flexibility index (Phi) is 7.14. The van der Waals surface area contributed by atoms with E-state index in [1.54, 1.807) is 0 Å². The number of hydrogen-bond acceptors (Lipinski definition) is 3. The van der Waals surface area contributed by atoms with Gasteiger partial charge in [-0.15, -0.1) is 0 Å². The molecule has 0 atom stereocenters. The molecule has 0 saturated carbocycles. The number of para-hydroxylation sites is 1. The van der Waals surface area contributed by atoms with Gasteiger partial charge < -0.3 is 4.42 Å². The van der Waals surface area contributed by atoms with Crippen molar-refractivity contribution in [2.24, 2.45) is 0 Å². The van der Waals surface area contributed by atoms with Gasteiger partial charge in [-0.3, -0.25) is 0 Å². The van der Waals surface area contributed by atoms with E-state index in [4.69, 9.17) is 14.4 Å². The lowest BCUT2D eigenvalue weighted by Crippen LogP contribution is -1.96. The first-order chi connectivity index (χ1) is 24.3. The van der Waals surface area contributed by atoms with E-state index in [0.29, 0.717) is 5.82 Å². The van der Waals surface area contributed by atoms with Gasteiger partial charge in [-0.25, -0.2) is 9.97 Å². The van der Waals surface area contributed by atoms with E-state index in [-0.39, 0.29) is 0 Å². The summed E-state index contributed by atoms with van der Waals surface area (Å²) in [6, 6.07) is 63.2. The zero-order valence-corrected chi connectivity index (χ0v) is 26.6. The van der Waals surface area contributed by atoms with Crippen molar-refractivity contribution < 1.29 is 4.42 Å². The first-order valence-corrected chi connectivity index (χ1v) is 16.5. The van der Waals surface area contributed by atoms with Crippen LogP contribution in [-0.4, -0.2) is 9.97 Å². The molecule has 0 amide bonds. The maximum Gasteiger partial charge on any atom is 0.161 e. The van der Waals surface area contributed by atoms with Crippen molar-refractivity contribution in [3.8, 4) is 67.3 Å². The van der Waals surface area contributed by atoms with E-state index in [1.165, 1.54) is 11.1 Å². The Morgan fingerprint density at radius 1 is 0.347 bits per heavy atom. The van der Waals surface area contributed by atoms with Gasteiger partial charge in [0.1, 0.15) is 11.2 Å². The van der Waals surface area contributed by atoms with Crippen LogP contribution in [0.15, 0.2) is 186 Å². The Balaban J connectivity index is 1.31. The largest absolute Gasteiger partial charge is 0.455 e. The third-order valence-corrected chi connectivity index (χ3v) is 9.09. The number of furan rings is 1. The Bertz CT molecular complexity index is 2460. The minimum absolute atomic E-state index is 0.659. The Morgan fingerprint density at radius 2 is 0.796 bits per heavy atom. The van der Waals surface area contributed by atoms with Gasteiger partial charge in [-0.05, 0) is 70.3 Å². The van der Waals surface area contributed by atoms with Crippen LogP contribution in [0.3, 0.4) is 0 Å². The summed E-state index contributed by atoms with van der Waals surface area (Å²) in [5.41, 5.74) is 13.1. The van der Waals surface area contributed by atoms with Crippen molar-refractivity contribution in [2.75, 3.05) is 0 Å². The number of benzene rings is 7. The normalized spacial score (nSPS) is 11.3. The highest BCUT2D eigenvalue weighted by Crippen LogP contribution is 2.43. The van der Waals surface area contributed by atoms with Crippen molar-refractivity contribution in [2.45, 2.75) is 0 Å². The molecule has 0 aliphatic heterocycles. The van der Waals surface area contributed by atoms with Gasteiger partial charge in [0.05, 0.1) is 11.4 Å². The van der Waals surface area contributed by atoms with Crippen molar-refractivity contribution in [1.82, 2.24) is 9.97 Å². The fourth-order valence-corrected chi connectivity index (χ4v) is 6.70. The van der Waals surface area contributed by atoms with Gasteiger partial charge >= 0.3 is 0 Å². The molecule has 9 rings (SSSR count).